The molecule has 2 N–H and O–H groups in total. The molecule has 0 spiro atoms. The lowest BCUT2D eigenvalue weighted by molar-refractivity contribution is -0.113. The van der Waals surface area contributed by atoms with Crippen LogP contribution in [0.1, 0.15) is 52.0 Å². The first-order chi connectivity index (χ1) is 18.8. The molecule has 40 heavy (non-hydrogen) atoms. The van der Waals surface area contributed by atoms with Gasteiger partial charge in [-0.15, -0.1) is 9.24 Å². The number of carbonyl (C=O) groups is 2. The van der Waals surface area contributed by atoms with Crippen LogP contribution in [-0.2, 0) is 27.5 Å². The van der Waals surface area contributed by atoms with Crippen molar-refractivity contribution in [2.75, 3.05) is 23.9 Å². The highest BCUT2D eigenvalue weighted by atomic mass is 32.2. The third-order valence-corrected chi connectivity index (χ3v) is 7.99. The maximum Gasteiger partial charge on any atom is 0.240 e. The molecule has 0 saturated heterocycles. The number of anilines is 1. The minimum absolute atomic E-state index is 0.00592. The largest absolute Gasteiger partial charge is 0.489 e. The summed E-state index contributed by atoms with van der Waals surface area (Å²) in [7, 11) is 1.17. The Bertz CT molecular complexity index is 1570. The lowest BCUT2D eigenvalue weighted by Crippen LogP contribution is -2.24. The number of nitrogens with zero attached hydrogens (tertiary/aromatic N) is 3. The Morgan fingerprint density at radius 2 is 2.10 bits per heavy atom. The van der Waals surface area contributed by atoms with Crippen LogP contribution in [0.15, 0.2) is 30.5 Å². The molecule has 212 valence electrons. The second kappa shape index (κ2) is 11.8. The maximum atomic E-state index is 13.9. The predicted molar refractivity (Wildman–Crippen MR) is 158 cm³/mol. The molecule has 10 nitrogen and oxygen atoms in total. The molecule has 14 heteroatoms. The number of amides is 1. The molecule has 0 saturated carbocycles. The summed E-state index contributed by atoms with van der Waals surface area (Å²) in [6.45, 7) is 1.31. The molecular formula is C26H30FN5O5P2S. The molecule has 0 radical (unpaired) electrons. The second-order valence-corrected chi connectivity index (χ2v) is 13.9. The summed E-state index contributed by atoms with van der Waals surface area (Å²) in [6, 6.07) is 6.97. The monoisotopic (exact) mass is 605 g/mol. The van der Waals surface area contributed by atoms with E-state index in [1.807, 2.05) is 6.07 Å². The average Bonchev–Trinajstić information content (AvgIpc) is 3.43. The number of rotatable bonds is 11. The molecule has 0 fully saturated rings. The first-order valence-electron chi connectivity index (χ1n) is 12.3. The fourth-order valence-corrected chi connectivity index (χ4v) is 5.76. The Hall–Kier alpha value is -3.07. The van der Waals surface area contributed by atoms with Crippen LogP contribution < -0.4 is 15.4 Å². The summed E-state index contributed by atoms with van der Waals surface area (Å²) in [5.74, 6) is -0.675. The SMILES string of the molecule is CC(F)(P)COc1ccc2c(c1P)CCC2Cc1nn(-c2ccc(C=N)cn2)c(NC(=O)CS(C)(=O)=O)c1C=O. The Kier molecular flexibility index (Phi) is 8.83. The van der Waals surface area contributed by atoms with Crippen molar-refractivity contribution >= 4 is 57.8 Å². The summed E-state index contributed by atoms with van der Waals surface area (Å²) in [4.78, 5) is 29.1. The van der Waals surface area contributed by atoms with Gasteiger partial charge in [-0.2, -0.15) is 9.78 Å². The molecule has 2 heterocycles. The Labute approximate surface area is 236 Å². The van der Waals surface area contributed by atoms with Crippen molar-refractivity contribution in [2.45, 2.75) is 37.5 Å². The lowest BCUT2D eigenvalue weighted by atomic mass is 9.94. The topological polar surface area (TPSA) is 144 Å². The van der Waals surface area contributed by atoms with Crippen molar-refractivity contribution in [2.24, 2.45) is 0 Å². The normalized spacial score (nSPS) is 16.2. The van der Waals surface area contributed by atoms with Crippen molar-refractivity contribution in [3.05, 3.63) is 58.4 Å². The molecule has 1 aliphatic rings. The standard InChI is InChI=1S/C26H30FN5O5P2S/c1-26(27,39)14-37-21-7-6-17-16(4-5-18(17)24(21)38)9-20-19(12-33)25(30-23(34)13-40(2,35)36)32(31-20)22-8-3-15(10-28)11-29-22/h3,6-8,10-12,16,28H,4-5,9,13-14,38-39H2,1-2H3,(H,30,34). The van der Waals surface area contributed by atoms with E-state index in [1.165, 1.54) is 17.8 Å². The number of ether oxygens (including phenoxy) is 1. The van der Waals surface area contributed by atoms with E-state index in [2.05, 4.69) is 33.9 Å². The van der Waals surface area contributed by atoms with E-state index >= 15 is 0 Å². The number of nitrogens with one attached hydrogen (secondary N) is 2. The molecule has 4 unspecified atom stereocenters. The Balaban J connectivity index is 1.69. The zero-order valence-electron chi connectivity index (χ0n) is 22.0. The van der Waals surface area contributed by atoms with E-state index in [0.29, 0.717) is 29.7 Å². The average molecular weight is 606 g/mol. The quantitative estimate of drug-likeness (QED) is 0.194. The molecule has 4 rings (SSSR count). The summed E-state index contributed by atoms with van der Waals surface area (Å²) in [5.41, 5.74) is 3.23. The number of benzene rings is 1. The van der Waals surface area contributed by atoms with Crippen molar-refractivity contribution in [1.29, 1.82) is 5.41 Å². The second-order valence-electron chi connectivity index (χ2n) is 10.0. The van der Waals surface area contributed by atoms with E-state index in [-0.39, 0.29) is 29.7 Å². The maximum absolute atomic E-state index is 13.9. The van der Waals surface area contributed by atoms with Crippen LogP contribution in [0.3, 0.4) is 0 Å². The Morgan fingerprint density at radius 3 is 2.70 bits per heavy atom. The summed E-state index contributed by atoms with van der Waals surface area (Å²) < 4.78 is 44.3. The summed E-state index contributed by atoms with van der Waals surface area (Å²) in [5, 5.41) is 13.9. The molecular weight excluding hydrogens is 575 g/mol. The number of aldehydes is 1. The number of pyridine rings is 1. The van der Waals surface area contributed by atoms with Crippen molar-refractivity contribution in [3.63, 3.8) is 0 Å². The van der Waals surface area contributed by atoms with Gasteiger partial charge in [0.2, 0.25) is 5.91 Å². The highest BCUT2D eigenvalue weighted by Gasteiger charge is 2.30. The van der Waals surface area contributed by atoms with E-state index in [4.69, 9.17) is 10.1 Å². The van der Waals surface area contributed by atoms with Crippen LogP contribution in [-0.4, -0.2) is 65.6 Å². The van der Waals surface area contributed by atoms with Crippen molar-refractivity contribution in [1.82, 2.24) is 14.8 Å². The van der Waals surface area contributed by atoms with Crippen LogP contribution in [0, 0.1) is 5.41 Å². The van der Waals surface area contributed by atoms with Crippen LogP contribution >= 0.6 is 18.5 Å². The van der Waals surface area contributed by atoms with Gasteiger partial charge in [0.15, 0.2) is 27.4 Å². The molecule has 1 amide bonds. The minimum atomic E-state index is -3.62. The molecule has 4 atom stereocenters. The van der Waals surface area contributed by atoms with Gasteiger partial charge in [-0.05, 0) is 61.4 Å². The third-order valence-electron chi connectivity index (χ3n) is 6.41. The highest BCUT2D eigenvalue weighted by molar-refractivity contribution is 7.91. The van der Waals surface area contributed by atoms with Gasteiger partial charge in [0.25, 0.3) is 0 Å². The number of halogens is 1. The van der Waals surface area contributed by atoms with Gasteiger partial charge in [0.05, 0.1) is 11.3 Å². The van der Waals surface area contributed by atoms with Gasteiger partial charge in [0, 0.05) is 29.5 Å². The Morgan fingerprint density at radius 1 is 1.35 bits per heavy atom. The first kappa shape index (κ1) is 29.9. The smallest absolute Gasteiger partial charge is 0.240 e. The molecule has 0 aliphatic heterocycles. The molecule has 1 aliphatic carbocycles. The number of hydrogen-bond acceptors (Lipinski definition) is 8. The zero-order valence-corrected chi connectivity index (χ0v) is 25.1. The van der Waals surface area contributed by atoms with Crippen molar-refractivity contribution < 1.29 is 27.1 Å². The molecule has 2 aromatic heterocycles. The summed E-state index contributed by atoms with van der Waals surface area (Å²) >= 11 is 0. The third kappa shape index (κ3) is 6.97. The molecule has 1 aromatic carbocycles. The van der Waals surface area contributed by atoms with Crippen LogP contribution in [0.2, 0.25) is 0 Å². The van der Waals surface area contributed by atoms with E-state index < -0.39 is 26.9 Å². The van der Waals surface area contributed by atoms with Gasteiger partial charge in [-0.1, -0.05) is 15.3 Å². The van der Waals surface area contributed by atoms with Gasteiger partial charge in [0.1, 0.15) is 23.9 Å². The highest BCUT2D eigenvalue weighted by Crippen LogP contribution is 2.38. The van der Waals surface area contributed by atoms with Crippen LogP contribution in [0.4, 0.5) is 10.2 Å². The number of sulfone groups is 1. The minimum Gasteiger partial charge on any atom is -0.489 e. The van der Waals surface area contributed by atoms with E-state index in [0.717, 1.165) is 41.7 Å². The van der Waals surface area contributed by atoms with Crippen LogP contribution in [0.25, 0.3) is 5.82 Å². The van der Waals surface area contributed by atoms with Gasteiger partial charge in [-0.3, -0.25) is 9.59 Å². The zero-order chi connectivity index (χ0) is 29.2. The number of aromatic nitrogens is 3. The predicted octanol–water partition coefficient (Wildman–Crippen LogP) is 2.77. The number of carbonyl (C=O) groups excluding carboxylic acids is 2. The number of fused-ring (bicyclic) bond motifs is 1. The van der Waals surface area contributed by atoms with Gasteiger partial charge in [-0.25, -0.2) is 17.8 Å². The fraction of sp³-hybridized carbons (Fsp3) is 0.346. The number of alkyl halides is 1. The van der Waals surface area contributed by atoms with Gasteiger partial charge >= 0.3 is 0 Å². The number of hydrogen-bond donors (Lipinski definition) is 2. The summed E-state index contributed by atoms with van der Waals surface area (Å²) in [6.07, 6.45) is 6.01. The molecule has 0 bridgehead atoms. The van der Waals surface area contributed by atoms with Gasteiger partial charge < -0.3 is 15.5 Å². The van der Waals surface area contributed by atoms with E-state index in [1.54, 1.807) is 18.2 Å². The van der Waals surface area contributed by atoms with Crippen molar-refractivity contribution in [3.8, 4) is 11.6 Å². The van der Waals surface area contributed by atoms with Crippen LogP contribution in [0.5, 0.6) is 5.75 Å². The fourth-order valence-electron chi connectivity index (χ4n) is 4.64. The van der Waals surface area contributed by atoms with E-state index in [9.17, 15) is 22.4 Å². The first-order valence-corrected chi connectivity index (χ1v) is 15.5. The lowest BCUT2D eigenvalue weighted by Gasteiger charge is -2.18. The molecule has 3 aromatic rings.